The lowest BCUT2D eigenvalue weighted by Gasteiger charge is -2.32. The van der Waals surface area contributed by atoms with Crippen LogP contribution in [-0.4, -0.2) is 110 Å². The summed E-state index contributed by atoms with van der Waals surface area (Å²) in [4.78, 5) is 65.3. The number of hydrogen-bond acceptors (Lipinski definition) is 19. The average Bonchev–Trinajstić information content (AvgIpc) is 1.44. The maximum Gasteiger partial charge on any atom is 0.498 e. The molecule has 0 aliphatic carbocycles. The molecule has 1 aliphatic heterocycles. The molecule has 111 heavy (non-hydrogen) atoms. The second kappa shape index (κ2) is 31.9. The number of nitrogens with zero attached hydrogens (tertiary/aromatic N) is 19. The molecule has 3 atom stereocenters. The molecule has 0 amide bonds. The summed E-state index contributed by atoms with van der Waals surface area (Å²) >= 11 is 18.3. The number of halogens is 3. The number of pyridine rings is 3. The molecular formula is C80H74BCl3N22O5. The summed E-state index contributed by atoms with van der Waals surface area (Å²) in [5.74, 6) is 1.27. The Morgan fingerprint density at radius 3 is 1.37 bits per heavy atom. The minimum absolute atomic E-state index is 0.0889. The van der Waals surface area contributed by atoms with E-state index in [4.69, 9.17) is 49.8 Å². The fourth-order valence-electron chi connectivity index (χ4n) is 12.9. The Hall–Kier alpha value is -12.6. The van der Waals surface area contributed by atoms with Gasteiger partial charge in [-0.2, -0.15) is 25.5 Å². The van der Waals surface area contributed by atoms with Crippen molar-refractivity contribution in [1.82, 2.24) is 92.0 Å². The number of rotatable bonds is 12. The molecule has 0 spiro atoms. The normalized spacial score (nSPS) is 13.7. The third-order valence-electron chi connectivity index (χ3n) is 19.1. The van der Waals surface area contributed by atoms with Crippen LogP contribution in [0.15, 0.2) is 259 Å². The minimum atomic E-state index is -0.302. The first-order chi connectivity index (χ1) is 53.5. The van der Waals surface area contributed by atoms with E-state index in [1.807, 2.05) is 221 Å². The van der Waals surface area contributed by atoms with Crippen molar-refractivity contribution in [2.75, 3.05) is 10.6 Å². The molecule has 1 fully saturated rings. The average molecular weight is 1540 g/mol. The molecule has 0 unspecified atom stereocenters. The number of benzene rings is 6. The molecule has 0 radical (unpaired) electrons. The number of nitrogens with two attached hydrogens (primary N) is 1. The van der Waals surface area contributed by atoms with Crippen molar-refractivity contribution >= 4 is 108 Å². The molecule has 17 aromatic rings. The van der Waals surface area contributed by atoms with Crippen LogP contribution in [0.2, 0.25) is 15.2 Å². The quantitative estimate of drug-likeness (QED) is 0.0957. The van der Waals surface area contributed by atoms with Crippen molar-refractivity contribution < 1.29 is 9.31 Å². The summed E-state index contributed by atoms with van der Waals surface area (Å²) in [5.41, 5.74) is 14.6. The van der Waals surface area contributed by atoms with E-state index in [0.717, 1.165) is 77.9 Å². The summed E-state index contributed by atoms with van der Waals surface area (Å²) in [6, 6.07) is 50.7. The fourth-order valence-corrected chi connectivity index (χ4v) is 13.6. The number of para-hydroxylation sites is 3. The van der Waals surface area contributed by atoms with Crippen LogP contribution in [0.4, 0.5) is 11.6 Å². The SMILES string of the molecule is C[C@H](N)c1cc2cccc(Cl)c2c(=O)n1-c1ccccc1.C[C@H](Nc1ncnn2cncc12)c1cc2cccc(-c3cnn(C)c3)c2c(=O)n1-c1ccccc1.C[C@H](Nc1ncnn2cncc12)c1cc2cccc(Cl)c2c(=O)n1-c1ccccc1.Clc1ncnn2ccnc12.Cn1cc(B2OC(C)(C)C(C)(C)O2)cn1. The van der Waals surface area contributed by atoms with E-state index < -0.39 is 0 Å². The van der Waals surface area contributed by atoms with Crippen LogP contribution in [0.25, 0.3) is 77.2 Å². The zero-order valence-corrected chi connectivity index (χ0v) is 63.9. The van der Waals surface area contributed by atoms with Crippen molar-refractivity contribution in [2.45, 2.75) is 77.8 Å². The van der Waals surface area contributed by atoms with Crippen LogP contribution in [0.1, 0.15) is 83.7 Å². The number of imidazole rings is 3. The van der Waals surface area contributed by atoms with Gasteiger partial charge in [-0.1, -0.05) is 132 Å². The highest BCUT2D eigenvalue weighted by atomic mass is 35.5. The van der Waals surface area contributed by atoms with E-state index in [1.54, 1.807) is 98.6 Å². The van der Waals surface area contributed by atoms with Crippen molar-refractivity contribution in [1.29, 1.82) is 0 Å². The van der Waals surface area contributed by atoms with Gasteiger partial charge in [-0.15, -0.1) is 0 Å². The van der Waals surface area contributed by atoms with E-state index in [-0.39, 0.29) is 53.1 Å². The topological polar surface area (TPSA) is 299 Å². The Labute approximate surface area is 650 Å². The van der Waals surface area contributed by atoms with Gasteiger partial charge in [0.2, 0.25) is 0 Å². The van der Waals surface area contributed by atoms with Gasteiger partial charge in [-0.3, -0.25) is 37.4 Å². The molecule has 6 aromatic carbocycles. The second-order valence-electron chi connectivity index (χ2n) is 27.2. The van der Waals surface area contributed by atoms with Crippen molar-refractivity contribution in [2.24, 2.45) is 19.8 Å². The van der Waals surface area contributed by atoms with E-state index >= 15 is 0 Å². The van der Waals surface area contributed by atoms with Crippen LogP contribution in [0.3, 0.4) is 0 Å². The Bertz CT molecular complexity index is 6390. The lowest BCUT2D eigenvalue weighted by Crippen LogP contribution is -2.41. The Balaban J connectivity index is 0.000000122. The van der Waals surface area contributed by atoms with Gasteiger partial charge in [0.05, 0.1) is 68.1 Å². The maximum atomic E-state index is 14.1. The molecule has 1 aliphatic rings. The highest BCUT2D eigenvalue weighted by Gasteiger charge is 2.52. The van der Waals surface area contributed by atoms with Crippen LogP contribution >= 0.6 is 34.8 Å². The predicted octanol–water partition coefficient (Wildman–Crippen LogP) is 13.4. The number of anilines is 2. The molecular weight excluding hydrogens is 1470 g/mol. The van der Waals surface area contributed by atoms with E-state index in [9.17, 15) is 14.4 Å². The molecule has 18 rings (SSSR count). The monoisotopic (exact) mass is 1540 g/mol. The molecule has 0 saturated carbocycles. The fraction of sp³-hybridized carbons (Fsp3) is 0.175. The highest BCUT2D eigenvalue weighted by molar-refractivity contribution is 6.62. The number of nitrogens with one attached hydrogen (secondary N) is 2. The Morgan fingerprint density at radius 2 is 0.910 bits per heavy atom. The molecule has 11 aromatic heterocycles. The first-order valence-corrected chi connectivity index (χ1v) is 36.4. The van der Waals surface area contributed by atoms with Gasteiger partial charge >= 0.3 is 7.12 Å². The molecule has 0 bridgehead atoms. The summed E-state index contributed by atoms with van der Waals surface area (Å²) in [5, 5.41) is 32.9. The van der Waals surface area contributed by atoms with Crippen LogP contribution in [0, 0.1) is 0 Å². The lowest BCUT2D eigenvalue weighted by molar-refractivity contribution is 0.00578. The van der Waals surface area contributed by atoms with E-state index in [1.165, 1.54) is 19.0 Å². The molecule has 1 saturated heterocycles. The first kappa shape index (κ1) is 75.3. The number of aromatic nitrogens is 19. The van der Waals surface area contributed by atoms with E-state index in [0.29, 0.717) is 48.6 Å². The van der Waals surface area contributed by atoms with Gasteiger partial charge in [0.15, 0.2) is 22.4 Å². The van der Waals surface area contributed by atoms with Gasteiger partial charge in [0, 0.05) is 96.3 Å². The first-order valence-electron chi connectivity index (χ1n) is 35.2. The van der Waals surface area contributed by atoms with E-state index in [2.05, 4.69) is 72.1 Å². The van der Waals surface area contributed by atoms with Gasteiger partial charge in [-0.05, 0) is 137 Å². The third-order valence-corrected chi connectivity index (χ3v) is 20.0. The van der Waals surface area contributed by atoms with Gasteiger partial charge in [-0.25, -0.2) is 43.5 Å². The van der Waals surface area contributed by atoms with Crippen molar-refractivity contribution in [3.05, 3.63) is 308 Å². The van der Waals surface area contributed by atoms with Crippen molar-refractivity contribution in [3.8, 4) is 28.2 Å². The number of hydrogen-bond donors (Lipinski definition) is 3. The smallest absolute Gasteiger partial charge is 0.399 e. The Kier molecular flexibility index (Phi) is 21.7. The molecule has 12 heterocycles. The standard InChI is InChI=1S/C26H22N8O.C22H17ClN6O.C17H15ClN2O.C10H17BN2O2.C5H3ClN4/c1-17(31-25-23-13-27-16-33(23)30-15-28-25)22-11-18-7-6-10-21(19-12-29-32(2)14-19)24(18)26(35)34(22)20-8-4-3-5-9-20;1-14(27-21-19-11-24-13-28(19)26-12-25-21)18-10-15-6-5-9-17(23)20(15)22(30)29(18)16-7-3-2-4-8-16;1-11(19)15-10-12-6-5-9-14(18)16(12)17(21)20(15)13-7-3-2-4-8-13;1-9(2)10(3,4)15-11(14-9)8-6-12-13(5)7-8;6-4-5-7-1-2-10(5)9-3-8-4/h3-17H,1-2H3,(H,28,30,31);2-14H,1H3,(H,25,26,27);2-11H,19H2,1H3;6-7H,1-5H3;1-3H/t17-;14-;11-;;/m000../s1. The highest BCUT2D eigenvalue weighted by Crippen LogP contribution is 2.37. The van der Waals surface area contributed by atoms with Crippen LogP contribution in [0.5, 0.6) is 0 Å². The molecule has 4 N–H and O–H groups in total. The number of aryl methyl sites for hydroxylation is 2. The summed E-state index contributed by atoms with van der Waals surface area (Å²) in [6.07, 6.45) is 21.7. The van der Waals surface area contributed by atoms with Gasteiger partial charge < -0.3 is 25.7 Å². The third kappa shape index (κ3) is 15.6. The van der Waals surface area contributed by atoms with Crippen LogP contribution < -0.4 is 38.5 Å². The Morgan fingerprint density at radius 1 is 0.477 bits per heavy atom. The zero-order valence-electron chi connectivity index (χ0n) is 61.7. The summed E-state index contributed by atoms with van der Waals surface area (Å²) in [6.45, 7) is 14.0. The van der Waals surface area contributed by atoms with Gasteiger partial charge in [0.1, 0.15) is 42.7 Å². The molecule has 27 nitrogen and oxygen atoms in total. The van der Waals surface area contributed by atoms with Gasteiger partial charge in [0.25, 0.3) is 16.7 Å². The number of fused-ring (bicyclic) bond motifs is 6. The summed E-state index contributed by atoms with van der Waals surface area (Å²) in [7, 11) is 3.45. The maximum absolute atomic E-state index is 14.1. The summed E-state index contributed by atoms with van der Waals surface area (Å²) < 4.78 is 25.2. The largest absolute Gasteiger partial charge is 0.498 e. The molecule has 31 heteroatoms. The predicted molar refractivity (Wildman–Crippen MR) is 434 cm³/mol. The second-order valence-corrected chi connectivity index (χ2v) is 28.4. The van der Waals surface area contributed by atoms with Crippen LogP contribution in [-0.2, 0) is 23.4 Å². The molecule has 558 valence electrons. The van der Waals surface area contributed by atoms with Crippen molar-refractivity contribution in [3.63, 3.8) is 0 Å². The lowest BCUT2D eigenvalue weighted by atomic mass is 9.82. The zero-order chi connectivity index (χ0) is 77.8. The minimum Gasteiger partial charge on any atom is -0.399 e.